The summed E-state index contributed by atoms with van der Waals surface area (Å²) in [7, 11) is 0. The van der Waals surface area contributed by atoms with Gasteiger partial charge in [0.2, 0.25) is 5.78 Å². The lowest BCUT2D eigenvalue weighted by molar-refractivity contribution is 0.104. The van der Waals surface area contributed by atoms with Crippen LogP contribution in [0.15, 0.2) is 60.2 Å². The molecule has 0 saturated carbocycles. The number of carbonyl (C=O) groups is 1. The van der Waals surface area contributed by atoms with Crippen molar-refractivity contribution in [1.82, 2.24) is 14.6 Å². The highest BCUT2D eigenvalue weighted by atomic mass is 32.1. The monoisotopic (exact) mass is 404 g/mol. The van der Waals surface area contributed by atoms with Gasteiger partial charge in [-0.3, -0.25) is 4.79 Å². The van der Waals surface area contributed by atoms with Gasteiger partial charge in [-0.25, -0.2) is 9.50 Å². The SMILES string of the molecule is CCCC(C)CNc1cccc(-c2ccnc3c(C(=O)c4cccs4)cnn23)c1. The highest BCUT2D eigenvalue weighted by Crippen LogP contribution is 2.25. The molecule has 4 rings (SSSR count). The number of hydrogen-bond donors (Lipinski definition) is 1. The minimum atomic E-state index is -0.0417. The lowest BCUT2D eigenvalue weighted by atomic mass is 10.1. The number of benzene rings is 1. The van der Waals surface area contributed by atoms with Crippen molar-refractivity contribution in [3.63, 3.8) is 0 Å². The van der Waals surface area contributed by atoms with Crippen LogP contribution in [-0.4, -0.2) is 26.9 Å². The molecule has 29 heavy (non-hydrogen) atoms. The number of ketones is 1. The van der Waals surface area contributed by atoms with E-state index in [4.69, 9.17) is 0 Å². The number of nitrogens with one attached hydrogen (secondary N) is 1. The molecule has 1 atom stereocenters. The first-order valence-electron chi connectivity index (χ1n) is 9.92. The summed E-state index contributed by atoms with van der Waals surface area (Å²) in [6.07, 6.45) is 5.76. The Morgan fingerprint density at radius 1 is 1.24 bits per heavy atom. The van der Waals surface area contributed by atoms with Crippen molar-refractivity contribution in [2.45, 2.75) is 26.7 Å². The average Bonchev–Trinajstić information content (AvgIpc) is 3.42. The molecule has 0 radical (unpaired) electrons. The van der Waals surface area contributed by atoms with E-state index in [0.29, 0.717) is 22.0 Å². The van der Waals surface area contributed by atoms with Crippen molar-refractivity contribution in [2.75, 3.05) is 11.9 Å². The van der Waals surface area contributed by atoms with Gasteiger partial charge in [0, 0.05) is 24.0 Å². The Morgan fingerprint density at radius 3 is 2.93 bits per heavy atom. The molecule has 6 heteroatoms. The van der Waals surface area contributed by atoms with E-state index in [2.05, 4.69) is 47.4 Å². The number of carbonyl (C=O) groups excluding carboxylic acids is 1. The van der Waals surface area contributed by atoms with Gasteiger partial charge >= 0.3 is 0 Å². The van der Waals surface area contributed by atoms with E-state index >= 15 is 0 Å². The van der Waals surface area contributed by atoms with Crippen molar-refractivity contribution in [1.29, 1.82) is 0 Å². The third kappa shape index (κ3) is 4.07. The first-order valence-corrected chi connectivity index (χ1v) is 10.8. The van der Waals surface area contributed by atoms with Crippen LogP contribution in [0.3, 0.4) is 0 Å². The number of fused-ring (bicyclic) bond motifs is 1. The minimum absolute atomic E-state index is 0.0417. The van der Waals surface area contributed by atoms with E-state index in [-0.39, 0.29) is 5.78 Å². The van der Waals surface area contributed by atoms with Crippen LogP contribution in [0, 0.1) is 5.92 Å². The van der Waals surface area contributed by atoms with Crippen molar-refractivity contribution < 1.29 is 4.79 Å². The van der Waals surface area contributed by atoms with Crippen LogP contribution in [0.4, 0.5) is 5.69 Å². The molecule has 0 spiro atoms. The standard InChI is InChI=1S/C23H24N4OS/c1-3-6-16(2)14-25-18-8-4-7-17(13-18)20-10-11-24-23-19(15-26-27(20)23)22(28)21-9-5-12-29-21/h4-5,7-13,15-16,25H,3,6,14H2,1-2H3. The first-order chi connectivity index (χ1) is 14.2. The van der Waals surface area contributed by atoms with Gasteiger partial charge in [-0.15, -0.1) is 11.3 Å². The molecule has 0 fully saturated rings. The third-order valence-corrected chi connectivity index (χ3v) is 5.85. The van der Waals surface area contributed by atoms with Crippen LogP contribution in [-0.2, 0) is 0 Å². The zero-order chi connectivity index (χ0) is 20.2. The number of hydrogen-bond acceptors (Lipinski definition) is 5. The molecule has 0 aliphatic heterocycles. The molecule has 1 N–H and O–H groups in total. The summed E-state index contributed by atoms with van der Waals surface area (Å²) in [5.74, 6) is 0.591. The van der Waals surface area contributed by atoms with Crippen LogP contribution < -0.4 is 5.32 Å². The maximum Gasteiger partial charge on any atom is 0.208 e. The van der Waals surface area contributed by atoms with Gasteiger partial charge in [-0.2, -0.15) is 5.10 Å². The Balaban J connectivity index is 1.65. The molecule has 0 amide bonds. The van der Waals surface area contributed by atoms with Crippen LogP contribution in [0.1, 0.15) is 41.9 Å². The summed E-state index contributed by atoms with van der Waals surface area (Å²) in [6, 6.07) is 13.9. The molecule has 0 bridgehead atoms. The zero-order valence-electron chi connectivity index (χ0n) is 16.6. The number of aromatic nitrogens is 3. The van der Waals surface area contributed by atoms with Crippen LogP contribution >= 0.6 is 11.3 Å². The first kappa shape index (κ1) is 19.3. The normalized spacial score (nSPS) is 12.2. The highest BCUT2D eigenvalue weighted by Gasteiger charge is 2.18. The summed E-state index contributed by atoms with van der Waals surface area (Å²) >= 11 is 1.43. The third-order valence-electron chi connectivity index (χ3n) is 4.99. The van der Waals surface area contributed by atoms with Crippen molar-refractivity contribution in [2.24, 2.45) is 5.92 Å². The number of rotatable bonds is 8. The lowest BCUT2D eigenvalue weighted by Crippen LogP contribution is -2.10. The van der Waals surface area contributed by atoms with Crippen LogP contribution in [0.5, 0.6) is 0 Å². The Labute approximate surface area is 174 Å². The van der Waals surface area contributed by atoms with Gasteiger partial charge < -0.3 is 5.32 Å². The zero-order valence-corrected chi connectivity index (χ0v) is 17.4. The Morgan fingerprint density at radius 2 is 2.14 bits per heavy atom. The Kier molecular flexibility index (Phi) is 5.71. The molecule has 1 aromatic carbocycles. The second kappa shape index (κ2) is 8.57. The molecule has 1 unspecified atom stereocenters. The smallest absolute Gasteiger partial charge is 0.208 e. The maximum absolute atomic E-state index is 12.8. The fourth-order valence-electron chi connectivity index (χ4n) is 3.49. The van der Waals surface area contributed by atoms with Gasteiger partial charge in [-0.05, 0) is 42.0 Å². The Bertz CT molecular complexity index is 1120. The molecular weight excluding hydrogens is 380 g/mol. The van der Waals surface area contributed by atoms with E-state index in [1.807, 2.05) is 29.6 Å². The Hall–Kier alpha value is -2.99. The predicted octanol–water partition coefficient (Wildman–Crippen LogP) is 5.54. The largest absolute Gasteiger partial charge is 0.385 e. The number of nitrogens with zero attached hydrogens (tertiary/aromatic N) is 3. The minimum Gasteiger partial charge on any atom is -0.385 e. The molecule has 4 aromatic rings. The summed E-state index contributed by atoms with van der Waals surface area (Å²) in [5, 5.41) is 9.90. The summed E-state index contributed by atoms with van der Waals surface area (Å²) in [5.41, 5.74) is 4.12. The van der Waals surface area contributed by atoms with Crippen LogP contribution in [0.2, 0.25) is 0 Å². The van der Waals surface area contributed by atoms with Crippen molar-refractivity contribution in [3.8, 4) is 11.3 Å². The van der Waals surface area contributed by atoms with E-state index < -0.39 is 0 Å². The van der Waals surface area contributed by atoms with E-state index in [1.165, 1.54) is 24.2 Å². The molecule has 3 heterocycles. The molecule has 0 saturated heterocycles. The molecule has 0 aliphatic carbocycles. The van der Waals surface area contributed by atoms with Gasteiger partial charge in [0.05, 0.1) is 22.3 Å². The lowest BCUT2D eigenvalue weighted by Gasteiger charge is -2.13. The second-order valence-corrected chi connectivity index (χ2v) is 8.23. The molecule has 0 aliphatic rings. The number of thiophene rings is 1. The van der Waals surface area contributed by atoms with Gasteiger partial charge in [0.1, 0.15) is 0 Å². The second-order valence-electron chi connectivity index (χ2n) is 7.29. The van der Waals surface area contributed by atoms with Crippen molar-refractivity contribution in [3.05, 3.63) is 70.7 Å². The summed E-state index contributed by atoms with van der Waals surface area (Å²) < 4.78 is 1.75. The quantitative estimate of drug-likeness (QED) is 0.392. The topological polar surface area (TPSA) is 59.3 Å². The van der Waals surface area contributed by atoms with Crippen molar-refractivity contribution >= 4 is 28.5 Å². The fraction of sp³-hybridized carbons (Fsp3) is 0.261. The molecule has 3 aromatic heterocycles. The summed E-state index contributed by atoms with van der Waals surface area (Å²) in [6.45, 7) is 5.43. The average molecular weight is 405 g/mol. The van der Waals surface area contributed by atoms with Crippen LogP contribution in [0.25, 0.3) is 16.9 Å². The predicted molar refractivity (Wildman–Crippen MR) is 119 cm³/mol. The van der Waals surface area contributed by atoms with E-state index in [9.17, 15) is 4.79 Å². The molecule has 148 valence electrons. The molecular formula is C23H24N4OS. The number of anilines is 1. The van der Waals surface area contributed by atoms with Gasteiger partial charge in [0.25, 0.3) is 0 Å². The van der Waals surface area contributed by atoms with E-state index in [0.717, 1.165) is 23.5 Å². The van der Waals surface area contributed by atoms with E-state index in [1.54, 1.807) is 16.9 Å². The molecule has 5 nitrogen and oxygen atoms in total. The highest BCUT2D eigenvalue weighted by molar-refractivity contribution is 7.12. The fourth-order valence-corrected chi connectivity index (χ4v) is 4.16. The summed E-state index contributed by atoms with van der Waals surface area (Å²) in [4.78, 5) is 17.9. The maximum atomic E-state index is 12.8. The van der Waals surface area contributed by atoms with Gasteiger partial charge in [0.15, 0.2) is 5.65 Å². The van der Waals surface area contributed by atoms with Gasteiger partial charge in [-0.1, -0.05) is 38.5 Å².